The number of aliphatic hydroxyl groups is 1. The molecule has 0 aliphatic carbocycles. The Morgan fingerprint density at radius 2 is 1.70 bits per heavy atom. The lowest BCUT2D eigenvalue weighted by atomic mass is 10.0. The third kappa shape index (κ3) is 7.93. The van der Waals surface area contributed by atoms with Crippen molar-refractivity contribution in [2.75, 3.05) is 12.4 Å². The van der Waals surface area contributed by atoms with Gasteiger partial charge in [-0.2, -0.15) is 0 Å². The SMILES string of the molecule is CCCCCCCCCc1ccc(OCC(O)CSc2nc3ccccc3s2)cc1. The molecular formula is C25H33NO2S2. The molecule has 1 atom stereocenters. The Morgan fingerprint density at radius 3 is 2.47 bits per heavy atom. The van der Waals surface area contributed by atoms with Crippen LogP contribution in [0.1, 0.15) is 57.4 Å². The largest absolute Gasteiger partial charge is 0.491 e. The van der Waals surface area contributed by atoms with Crippen LogP contribution in [0.25, 0.3) is 10.2 Å². The number of ether oxygens (including phenoxy) is 1. The molecule has 0 aliphatic rings. The summed E-state index contributed by atoms with van der Waals surface area (Å²) in [6.45, 7) is 2.56. The number of fused-ring (bicyclic) bond motifs is 1. The Morgan fingerprint density at radius 1 is 0.967 bits per heavy atom. The monoisotopic (exact) mass is 443 g/mol. The average molecular weight is 444 g/mol. The van der Waals surface area contributed by atoms with Gasteiger partial charge < -0.3 is 9.84 Å². The van der Waals surface area contributed by atoms with Gasteiger partial charge in [0, 0.05) is 5.75 Å². The first kappa shape index (κ1) is 23.1. The van der Waals surface area contributed by atoms with E-state index < -0.39 is 6.10 Å². The predicted octanol–water partition coefficient (Wildman–Crippen LogP) is 7.12. The number of aliphatic hydroxyl groups excluding tert-OH is 1. The van der Waals surface area contributed by atoms with Crippen LogP contribution in [0.3, 0.4) is 0 Å². The van der Waals surface area contributed by atoms with E-state index in [1.165, 1.54) is 55.2 Å². The number of hydrogen-bond acceptors (Lipinski definition) is 5. The van der Waals surface area contributed by atoms with Crippen molar-refractivity contribution in [1.29, 1.82) is 0 Å². The van der Waals surface area contributed by atoms with E-state index in [1.54, 1.807) is 23.1 Å². The maximum atomic E-state index is 10.3. The van der Waals surface area contributed by atoms with Gasteiger partial charge in [-0.1, -0.05) is 81.5 Å². The van der Waals surface area contributed by atoms with Gasteiger partial charge in [-0.3, -0.25) is 0 Å². The van der Waals surface area contributed by atoms with Gasteiger partial charge in [0.15, 0.2) is 4.34 Å². The van der Waals surface area contributed by atoms with E-state index in [2.05, 4.69) is 30.1 Å². The van der Waals surface area contributed by atoms with Crippen molar-refractivity contribution >= 4 is 33.3 Å². The van der Waals surface area contributed by atoms with Crippen molar-refractivity contribution in [2.45, 2.75) is 68.7 Å². The molecule has 3 nitrogen and oxygen atoms in total. The van der Waals surface area contributed by atoms with Gasteiger partial charge >= 0.3 is 0 Å². The van der Waals surface area contributed by atoms with Crippen molar-refractivity contribution in [1.82, 2.24) is 4.98 Å². The van der Waals surface area contributed by atoms with E-state index in [0.717, 1.165) is 22.0 Å². The zero-order chi connectivity index (χ0) is 21.0. The van der Waals surface area contributed by atoms with Crippen LogP contribution < -0.4 is 4.74 Å². The molecule has 1 unspecified atom stereocenters. The van der Waals surface area contributed by atoms with Gasteiger partial charge in [0.25, 0.3) is 0 Å². The van der Waals surface area contributed by atoms with Crippen molar-refractivity contribution in [3.8, 4) is 5.75 Å². The summed E-state index contributed by atoms with van der Waals surface area (Å²) in [5, 5.41) is 10.3. The molecular weight excluding hydrogens is 410 g/mol. The molecule has 30 heavy (non-hydrogen) atoms. The summed E-state index contributed by atoms with van der Waals surface area (Å²) in [5.74, 6) is 1.40. The molecule has 3 rings (SSSR count). The second-order valence-electron chi connectivity index (χ2n) is 7.74. The summed E-state index contributed by atoms with van der Waals surface area (Å²) < 4.78 is 7.94. The van der Waals surface area contributed by atoms with Crippen LogP contribution in [-0.4, -0.2) is 28.6 Å². The summed E-state index contributed by atoms with van der Waals surface area (Å²) in [4.78, 5) is 4.59. The maximum absolute atomic E-state index is 10.3. The lowest BCUT2D eigenvalue weighted by Gasteiger charge is -2.12. The number of unbranched alkanes of at least 4 members (excludes halogenated alkanes) is 6. The third-order valence-corrected chi connectivity index (χ3v) is 7.43. The van der Waals surface area contributed by atoms with Crippen molar-refractivity contribution in [3.05, 3.63) is 54.1 Å². The summed E-state index contributed by atoms with van der Waals surface area (Å²) in [6, 6.07) is 16.5. The standard InChI is InChI=1S/C25H33NO2S2/c1-2-3-4-5-6-7-8-11-20-14-16-22(17-15-20)28-18-21(27)19-29-25-26-23-12-9-10-13-24(23)30-25/h9-10,12-17,21,27H,2-8,11,18-19H2,1H3. The molecule has 5 heteroatoms. The Hall–Kier alpha value is -1.56. The number of hydrogen-bond donors (Lipinski definition) is 1. The number of thioether (sulfide) groups is 1. The number of aromatic nitrogens is 1. The second kappa shape index (κ2) is 13.0. The molecule has 0 spiro atoms. The summed E-state index contributed by atoms with van der Waals surface area (Å²) in [7, 11) is 0. The summed E-state index contributed by atoms with van der Waals surface area (Å²) in [5.41, 5.74) is 2.38. The molecule has 162 valence electrons. The predicted molar refractivity (Wildman–Crippen MR) is 130 cm³/mol. The van der Waals surface area contributed by atoms with Gasteiger partial charge in [-0.25, -0.2) is 4.98 Å². The van der Waals surface area contributed by atoms with Gasteiger partial charge in [0.1, 0.15) is 12.4 Å². The minimum absolute atomic E-state index is 0.301. The minimum atomic E-state index is -0.519. The molecule has 0 bridgehead atoms. The molecule has 0 saturated carbocycles. The molecule has 0 saturated heterocycles. The highest BCUT2D eigenvalue weighted by atomic mass is 32.2. The van der Waals surface area contributed by atoms with Gasteiger partial charge in [-0.15, -0.1) is 11.3 Å². The molecule has 1 heterocycles. The highest BCUT2D eigenvalue weighted by Gasteiger charge is 2.10. The first-order valence-electron chi connectivity index (χ1n) is 11.1. The van der Waals surface area contributed by atoms with Crippen molar-refractivity contribution < 1.29 is 9.84 Å². The number of benzene rings is 2. The van der Waals surface area contributed by atoms with E-state index in [0.29, 0.717) is 12.4 Å². The molecule has 1 aromatic heterocycles. The normalized spacial score (nSPS) is 12.3. The first-order valence-corrected chi connectivity index (χ1v) is 12.9. The van der Waals surface area contributed by atoms with Gasteiger partial charge in [-0.05, 0) is 42.7 Å². The quantitative estimate of drug-likeness (QED) is 0.213. The first-order chi connectivity index (χ1) is 14.7. The molecule has 0 aliphatic heterocycles. The Balaban J connectivity index is 1.31. The van der Waals surface area contributed by atoms with Crippen LogP contribution >= 0.6 is 23.1 Å². The fourth-order valence-electron chi connectivity index (χ4n) is 3.36. The third-order valence-electron chi connectivity index (χ3n) is 5.11. The number of para-hydroxylation sites is 1. The van der Waals surface area contributed by atoms with Crippen LogP contribution in [0.4, 0.5) is 0 Å². The van der Waals surface area contributed by atoms with E-state index in [9.17, 15) is 5.11 Å². The molecule has 2 aromatic carbocycles. The van der Waals surface area contributed by atoms with Crippen LogP contribution in [0.5, 0.6) is 5.75 Å². The number of aryl methyl sites for hydroxylation is 1. The highest BCUT2D eigenvalue weighted by Crippen LogP contribution is 2.29. The summed E-state index contributed by atoms with van der Waals surface area (Å²) in [6.07, 6.45) is 9.99. The fourth-order valence-corrected chi connectivity index (χ4v) is 5.36. The lowest BCUT2D eigenvalue weighted by molar-refractivity contribution is 0.126. The van der Waals surface area contributed by atoms with Gasteiger partial charge in [0.05, 0.1) is 16.3 Å². The molecule has 0 amide bonds. The van der Waals surface area contributed by atoms with E-state index in [1.807, 2.05) is 30.3 Å². The average Bonchev–Trinajstić information content (AvgIpc) is 3.19. The molecule has 0 fully saturated rings. The summed E-state index contributed by atoms with van der Waals surface area (Å²) >= 11 is 3.25. The zero-order valence-electron chi connectivity index (χ0n) is 17.9. The van der Waals surface area contributed by atoms with Crippen LogP contribution in [-0.2, 0) is 6.42 Å². The van der Waals surface area contributed by atoms with E-state index >= 15 is 0 Å². The Labute approximate surface area is 188 Å². The fraction of sp³-hybridized carbons (Fsp3) is 0.480. The minimum Gasteiger partial charge on any atom is -0.491 e. The zero-order valence-corrected chi connectivity index (χ0v) is 19.5. The van der Waals surface area contributed by atoms with Crippen LogP contribution in [0.15, 0.2) is 52.9 Å². The lowest BCUT2D eigenvalue weighted by Crippen LogP contribution is -2.20. The smallest absolute Gasteiger partial charge is 0.151 e. The van der Waals surface area contributed by atoms with Crippen LogP contribution in [0.2, 0.25) is 0 Å². The Kier molecular flexibility index (Phi) is 10.0. The number of thiazole rings is 1. The Bertz CT molecular complexity index is 830. The molecule has 1 N–H and O–H groups in total. The van der Waals surface area contributed by atoms with Crippen molar-refractivity contribution in [2.24, 2.45) is 0 Å². The van der Waals surface area contributed by atoms with Crippen molar-refractivity contribution in [3.63, 3.8) is 0 Å². The molecule has 0 radical (unpaired) electrons. The van der Waals surface area contributed by atoms with E-state index in [4.69, 9.17) is 4.74 Å². The molecule has 3 aromatic rings. The maximum Gasteiger partial charge on any atom is 0.151 e. The number of nitrogens with zero attached hydrogens (tertiary/aromatic N) is 1. The number of rotatable bonds is 14. The second-order valence-corrected chi connectivity index (χ2v) is 10.0. The van der Waals surface area contributed by atoms with E-state index in [-0.39, 0.29) is 0 Å². The topological polar surface area (TPSA) is 42.4 Å². The highest BCUT2D eigenvalue weighted by molar-refractivity contribution is 8.01. The van der Waals surface area contributed by atoms with Crippen LogP contribution in [0, 0.1) is 0 Å². The van der Waals surface area contributed by atoms with Gasteiger partial charge in [0.2, 0.25) is 0 Å².